The van der Waals surface area contributed by atoms with Crippen LogP contribution in [0.1, 0.15) is 24.1 Å². The molecule has 128 valence electrons. The SMILES string of the molecule is COc1ccc(OC)c(C(C)NC(=O)NCc2ccc(F)cc2)c1. The van der Waals surface area contributed by atoms with Crippen molar-refractivity contribution < 1.29 is 18.7 Å². The molecular weight excluding hydrogens is 311 g/mol. The number of urea groups is 1. The number of amides is 2. The largest absolute Gasteiger partial charge is 0.497 e. The van der Waals surface area contributed by atoms with Crippen molar-refractivity contribution in [1.29, 1.82) is 0 Å². The second kappa shape index (κ2) is 8.19. The van der Waals surface area contributed by atoms with Crippen molar-refractivity contribution in [3.05, 3.63) is 59.4 Å². The van der Waals surface area contributed by atoms with Crippen LogP contribution in [0.25, 0.3) is 0 Å². The molecule has 0 spiro atoms. The number of rotatable bonds is 6. The highest BCUT2D eigenvalue weighted by atomic mass is 19.1. The summed E-state index contributed by atoms with van der Waals surface area (Å²) < 4.78 is 23.4. The molecule has 0 fully saturated rings. The molecule has 0 radical (unpaired) electrons. The van der Waals surface area contributed by atoms with Gasteiger partial charge < -0.3 is 20.1 Å². The van der Waals surface area contributed by atoms with E-state index in [-0.39, 0.29) is 17.9 Å². The summed E-state index contributed by atoms with van der Waals surface area (Å²) in [7, 11) is 3.16. The molecule has 24 heavy (non-hydrogen) atoms. The lowest BCUT2D eigenvalue weighted by atomic mass is 10.1. The van der Waals surface area contributed by atoms with Gasteiger partial charge in [0, 0.05) is 12.1 Å². The van der Waals surface area contributed by atoms with E-state index < -0.39 is 0 Å². The zero-order valence-corrected chi connectivity index (χ0v) is 13.9. The number of carbonyl (C=O) groups excluding carboxylic acids is 1. The molecule has 0 aromatic heterocycles. The van der Waals surface area contributed by atoms with E-state index in [1.807, 2.05) is 13.0 Å². The molecule has 0 aliphatic carbocycles. The molecule has 0 bridgehead atoms. The molecule has 0 heterocycles. The summed E-state index contributed by atoms with van der Waals surface area (Å²) in [5.74, 6) is 1.05. The van der Waals surface area contributed by atoms with Crippen LogP contribution in [0, 0.1) is 5.82 Å². The fourth-order valence-electron chi connectivity index (χ4n) is 2.29. The molecule has 5 nitrogen and oxygen atoms in total. The molecule has 0 saturated heterocycles. The first kappa shape index (κ1) is 17.6. The minimum Gasteiger partial charge on any atom is -0.497 e. The molecule has 1 unspecified atom stereocenters. The van der Waals surface area contributed by atoms with Crippen LogP contribution in [0.15, 0.2) is 42.5 Å². The van der Waals surface area contributed by atoms with Gasteiger partial charge in [0.15, 0.2) is 0 Å². The van der Waals surface area contributed by atoms with Crippen molar-refractivity contribution in [1.82, 2.24) is 10.6 Å². The smallest absolute Gasteiger partial charge is 0.315 e. The predicted molar refractivity (Wildman–Crippen MR) is 89.7 cm³/mol. The van der Waals surface area contributed by atoms with Crippen LogP contribution in [0.5, 0.6) is 11.5 Å². The van der Waals surface area contributed by atoms with Crippen LogP contribution in [0.3, 0.4) is 0 Å². The summed E-state index contributed by atoms with van der Waals surface area (Å²) in [5.41, 5.74) is 1.63. The zero-order valence-electron chi connectivity index (χ0n) is 13.9. The Morgan fingerprint density at radius 3 is 2.46 bits per heavy atom. The Morgan fingerprint density at radius 2 is 1.83 bits per heavy atom. The molecule has 0 saturated carbocycles. The van der Waals surface area contributed by atoms with E-state index in [1.165, 1.54) is 12.1 Å². The van der Waals surface area contributed by atoms with Gasteiger partial charge in [-0.3, -0.25) is 0 Å². The summed E-state index contributed by atoms with van der Waals surface area (Å²) in [6.07, 6.45) is 0. The second-order valence-corrected chi connectivity index (χ2v) is 5.28. The Hall–Kier alpha value is -2.76. The van der Waals surface area contributed by atoms with Crippen LogP contribution in [0.4, 0.5) is 9.18 Å². The average molecular weight is 332 g/mol. The van der Waals surface area contributed by atoms with Crippen LogP contribution in [0.2, 0.25) is 0 Å². The Labute approximate surface area is 140 Å². The maximum atomic E-state index is 12.9. The fraction of sp³-hybridized carbons (Fsp3) is 0.278. The van der Waals surface area contributed by atoms with Crippen molar-refractivity contribution in [3.8, 4) is 11.5 Å². The van der Waals surface area contributed by atoms with Crippen molar-refractivity contribution >= 4 is 6.03 Å². The topological polar surface area (TPSA) is 59.6 Å². The third kappa shape index (κ3) is 4.62. The zero-order chi connectivity index (χ0) is 17.5. The van der Waals surface area contributed by atoms with Crippen molar-refractivity contribution in [2.45, 2.75) is 19.5 Å². The first-order valence-electron chi connectivity index (χ1n) is 7.54. The van der Waals surface area contributed by atoms with Gasteiger partial charge >= 0.3 is 6.03 Å². The predicted octanol–water partition coefficient (Wildman–Crippen LogP) is 3.40. The number of methoxy groups -OCH3 is 2. The van der Waals surface area contributed by atoms with E-state index in [0.717, 1.165) is 11.1 Å². The lowest BCUT2D eigenvalue weighted by Crippen LogP contribution is -2.36. The number of hydrogen-bond acceptors (Lipinski definition) is 3. The Morgan fingerprint density at radius 1 is 1.12 bits per heavy atom. The van der Waals surface area contributed by atoms with E-state index in [9.17, 15) is 9.18 Å². The number of ether oxygens (including phenoxy) is 2. The van der Waals surface area contributed by atoms with Crippen LogP contribution in [-0.2, 0) is 6.54 Å². The average Bonchev–Trinajstić information content (AvgIpc) is 2.60. The number of nitrogens with one attached hydrogen (secondary N) is 2. The van der Waals surface area contributed by atoms with Gasteiger partial charge in [-0.05, 0) is 42.8 Å². The Balaban J connectivity index is 1.97. The maximum Gasteiger partial charge on any atom is 0.315 e. The highest BCUT2D eigenvalue weighted by molar-refractivity contribution is 5.74. The van der Waals surface area contributed by atoms with E-state index in [2.05, 4.69) is 10.6 Å². The third-order valence-electron chi connectivity index (χ3n) is 3.62. The lowest BCUT2D eigenvalue weighted by molar-refractivity contribution is 0.237. The van der Waals surface area contributed by atoms with Gasteiger partial charge in [0.25, 0.3) is 0 Å². The van der Waals surface area contributed by atoms with Gasteiger partial charge in [-0.2, -0.15) is 0 Å². The molecular formula is C18H21FN2O3. The maximum absolute atomic E-state index is 12.9. The summed E-state index contributed by atoms with van der Waals surface area (Å²) in [5, 5.41) is 5.58. The van der Waals surface area contributed by atoms with Gasteiger partial charge in [0.1, 0.15) is 17.3 Å². The summed E-state index contributed by atoms with van der Waals surface area (Å²) in [6, 6.07) is 10.8. The van der Waals surface area contributed by atoms with Crippen LogP contribution >= 0.6 is 0 Å². The van der Waals surface area contributed by atoms with E-state index >= 15 is 0 Å². The summed E-state index contributed by atoms with van der Waals surface area (Å²) in [6.45, 7) is 2.17. The third-order valence-corrected chi connectivity index (χ3v) is 3.62. The Kier molecular flexibility index (Phi) is 6.01. The van der Waals surface area contributed by atoms with Crippen molar-refractivity contribution in [3.63, 3.8) is 0 Å². The first-order valence-corrected chi connectivity index (χ1v) is 7.54. The molecule has 1 atom stereocenters. The van der Waals surface area contributed by atoms with Gasteiger partial charge in [-0.1, -0.05) is 12.1 Å². The molecule has 0 aliphatic rings. The van der Waals surface area contributed by atoms with Crippen LogP contribution in [-0.4, -0.2) is 20.3 Å². The molecule has 2 aromatic carbocycles. The van der Waals surface area contributed by atoms with E-state index in [4.69, 9.17) is 9.47 Å². The highest BCUT2D eigenvalue weighted by Crippen LogP contribution is 2.29. The number of hydrogen-bond donors (Lipinski definition) is 2. The van der Waals surface area contributed by atoms with Gasteiger partial charge in [0.2, 0.25) is 0 Å². The number of benzene rings is 2. The van der Waals surface area contributed by atoms with Gasteiger partial charge in [0.05, 0.1) is 20.3 Å². The first-order chi connectivity index (χ1) is 11.5. The standard InChI is InChI=1S/C18H21FN2O3/c1-12(16-10-15(23-2)8-9-17(16)24-3)21-18(22)20-11-13-4-6-14(19)7-5-13/h4-10,12H,11H2,1-3H3,(H2,20,21,22). The van der Waals surface area contributed by atoms with Gasteiger partial charge in [-0.25, -0.2) is 9.18 Å². The van der Waals surface area contributed by atoms with Gasteiger partial charge in [-0.15, -0.1) is 0 Å². The monoisotopic (exact) mass is 332 g/mol. The molecule has 2 amide bonds. The molecule has 2 aromatic rings. The number of halogens is 1. The molecule has 6 heteroatoms. The fourth-order valence-corrected chi connectivity index (χ4v) is 2.29. The molecule has 2 rings (SSSR count). The number of carbonyl (C=O) groups is 1. The van der Waals surface area contributed by atoms with Crippen molar-refractivity contribution in [2.24, 2.45) is 0 Å². The normalized spacial score (nSPS) is 11.5. The summed E-state index contributed by atoms with van der Waals surface area (Å²) >= 11 is 0. The minimum absolute atomic E-state index is 0.275. The quantitative estimate of drug-likeness (QED) is 0.852. The molecule has 0 aliphatic heterocycles. The second-order valence-electron chi connectivity index (χ2n) is 5.28. The minimum atomic E-state index is -0.323. The highest BCUT2D eigenvalue weighted by Gasteiger charge is 2.15. The Bertz CT molecular complexity index is 689. The van der Waals surface area contributed by atoms with E-state index in [0.29, 0.717) is 18.0 Å². The van der Waals surface area contributed by atoms with Crippen LogP contribution < -0.4 is 20.1 Å². The van der Waals surface area contributed by atoms with E-state index in [1.54, 1.807) is 38.5 Å². The van der Waals surface area contributed by atoms with Crippen molar-refractivity contribution in [2.75, 3.05) is 14.2 Å². The lowest BCUT2D eigenvalue weighted by Gasteiger charge is -2.18. The summed E-state index contributed by atoms with van der Waals surface area (Å²) in [4.78, 5) is 12.1. The molecule has 2 N–H and O–H groups in total.